The van der Waals surface area contributed by atoms with Crippen LogP contribution in [0.3, 0.4) is 0 Å². The largest absolute Gasteiger partial charge is 0.443 e. The number of methoxy groups -OCH3 is 1. The first-order valence-electron chi connectivity index (χ1n) is 6.43. The fourth-order valence-corrected chi connectivity index (χ4v) is 2.55. The van der Waals surface area contributed by atoms with E-state index in [1.165, 1.54) is 0 Å². The number of hydrogen-bond acceptors (Lipinski definition) is 3. The Balaban J connectivity index is 3.01. The SMILES string of the molecule is CCCC[C@@H](OC(N)=O)[C@H](OC)c1ccc(Cl)cc1Cl. The van der Waals surface area contributed by atoms with E-state index in [-0.39, 0.29) is 0 Å². The van der Waals surface area contributed by atoms with Gasteiger partial charge < -0.3 is 15.2 Å². The number of nitrogens with two attached hydrogens (primary N) is 1. The highest BCUT2D eigenvalue weighted by Crippen LogP contribution is 2.33. The van der Waals surface area contributed by atoms with Crippen LogP contribution in [0.15, 0.2) is 18.2 Å². The van der Waals surface area contributed by atoms with Crippen LogP contribution in [0, 0.1) is 0 Å². The Bertz CT molecular complexity index is 454. The highest BCUT2D eigenvalue weighted by Gasteiger charge is 2.27. The van der Waals surface area contributed by atoms with E-state index < -0.39 is 18.3 Å². The molecule has 0 aliphatic carbocycles. The molecule has 0 saturated carbocycles. The Hall–Kier alpha value is -0.970. The first kappa shape index (κ1) is 17.1. The molecule has 1 rings (SSSR count). The summed E-state index contributed by atoms with van der Waals surface area (Å²) in [5, 5.41) is 1.01. The lowest BCUT2D eigenvalue weighted by molar-refractivity contribution is -0.0256. The van der Waals surface area contributed by atoms with E-state index in [1.807, 2.05) is 0 Å². The van der Waals surface area contributed by atoms with Crippen molar-refractivity contribution in [3.05, 3.63) is 33.8 Å². The third kappa shape index (κ3) is 4.85. The summed E-state index contributed by atoms with van der Waals surface area (Å²) in [7, 11) is 1.54. The van der Waals surface area contributed by atoms with Crippen LogP contribution in [0.1, 0.15) is 37.9 Å². The van der Waals surface area contributed by atoms with Crippen molar-refractivity contribution in [1.29, 1.82) is 0 Å². The number of halogens is 2. The molecule has 0 aliphatic rings. The molecular formula is C14H19Cl2NO3. The van der Waals surface area contributed by atoms with Crippen molar-refractivity contribution in [2.75, 3.05) is 7.11 Å². The Kier molecular flexibility index (Phi) is 7.13. The molecule has 0 aliphatic heterocycles. The fourth-order valence-electron chi connectivity index (χ4n) is 2.04. The zero-order valence-electron chi connectivity index (χ0n) is 11.6. The average molecular weight is 320 g/mol. The number of benzene rings is 1. The predicted molar refractivity (Wildman–Crippen MR) is 80.2 cm³/mol. The zero-order valence-corrected chi connectivity index (χ0v) is 13.1. The van der Waals surface area contributed by atoms with Gasteiger partial charge in [-0.05, 0) is 25.0 Å². The van der Waals surface area contributed by atoms with Gasteiger partial charge in [-0.15, -0.1) is 0 Å². The van der Waals surface area contributed by atoms with Gasteiger partial charge in [0.2, 0.25) is 0 Å². The van der Waals surface area contributed by atoms with Crippen molar-refractivity contribution in [3.8, 4) is 0 Å². The van der Waals surface area contributed by atoms with Gasteiger partial charge >= 0.3 is 6.09 Å². The summed E-state index contributed by atoms with van der Waals surface area (Å²) in [6.45, 7) is 2.05. The minimum Gasteiger partial charge on any atom is -0.443 e. The van der Waals surface area contributed by atoms with Crippen molar-refractivity contribution in [1.82, 2.24) is 0 Å². The minimum absolute atomic E-state index is 0.471. The van der Waals surface area contributed by atoms with Crippen LogP contribution < -0.4 is 5.73 Å². The Labute approximate surface area is 129 Å². The molecule has 2 N–H and O–H groups in total. The quantitative estimate of drug-likeness (QED) is 0.813. The number of carbonyl (C=O) groups excluding carboxylic acids is 1. The molecule has 1 aromatic rings. The number of ether oxygens (including phenoxy) is 2. The monoisotopic (exact) mass is 319 g/mol. The highest BCUT2D eigenvalue weighted by atomic mass is 35.5. The van der Waals surface area contributed by atoms with E-state index in [9.17, 15) is 4.79 Å². The molecule has 20 heavy (non-hydrogen) atoms. The summed E-state index contributed by atoms with van der Waals surface area (Å²) in [4.78, 5) is 11.1. The van der Waals surface area contributed by atoms with Gasteiger partial charge in [0, 0.05) is 22.7 Å². The number of hydrogen-bond donors (Lipinski definition) is 1. The highest BCUT2D eigenvalue weighted by molar-refractivity contribution is 6.35. The summed E-state index contributed by atoms with van der Waals surface area (Å²) in [5.41, 5.74) is 5.85. The normalized spacial score (nSPS) is 13.8. The van der Waals surface area contributed by atoms with Gasteiger partial charge in [-0.3, -0.25) is 0 Å². The molecule has 2 atom stereocenters. The van der Waals surface area contributed by atoms with Crippen molar-refractivity contribution in [3.63, 3.8) is 0 Å². The van der Waals surface area contributed by atoms with Crippen LogP contribution in [-0.4, -0.2) is 19.3 Å². The molecule has 0 fully saturated rings. The van der Waals surface area contributed by atoms with Crippen molar-refractivity contribution >= 4 is 29.3 Å². The molecule has 6 heteroatoms. The van der Waals surface area contributed by atoms with E-state index in [4.69, 9.17) is 38.4 Å². The van der Waals surface area contributed by atoms with Gasteiger partial charge in [0.1, 0.15) is 12.2 Å². The summed E-state index contributed by atoms with van der Waals surface area (Å²) in [5.74, 6) is 0. The Morgan fingerprint density at radius 2 is 2.10 bits per heavy atom. The Morgan fingerprint density at radius 1 is 1.40 bits per heavy atom. The van der Waals surface area contributed by atoms with E-state index in [2.05, 4.69) is 6.92 Å². The van der Waals surface area contributed by atoms with Crippen LogP contribution in [0.5, 0.6) is 0 Å². The Morgan fingerprint density at radius 3 is 2.60 bits per heavy atom. The van der Waals surface area contributed by atoms with Gasteiger partial charge in [-0.1, -0.05) is 42.6 Å². The maximum Gasteiger partial charge on any atom is 0.404 e. The van der Waals surface area contributed by atoms with Crippen molar-refractivity contribution < 1.29 is 14.3 Å². The number of carbonyl (C=O) groups is 1. The smallest absolute Gasteiger partial charge is 0.404 e. The van der Waals surface area contributed by atoms with E-state index >= 15 is 0 Å². The maximum absolute atomic E-state index is 11.1. The summed E-state index contributed by atoms with van der Waals surface area (Å²) in [6.07, 6.45) is 0.747. The van der Waals surface area contributed by atoms with E-state index in [0.717, 1.165) is 18.4 Å². The molecule has 0 radical (unpaired) electrons. The fraction of sp³-hybridized carbons (Fsp3) is 0.500. The minimum atomic E-state index is -0.821. The topological polar surface area (TPSA) is 61.5 Å². The molecular weight excluding hydrogens is 301 g/mol. The molecule has 0 aromatic heterocycles. The molecule has 1 amide bonds. The molecule has 0 bridgehead atoms. The number of primary amides is 1. The number of rotatable bonds is 7. The van der Waals surface area contributed by atoms with Gasteiger partial charge in [0.15, 0.2) is 0 Å². The number of unbranched alkanes of at least 4 members (excludes halogenated alkanes) is 1. The van der Waals surface area contributed by atoms with Gasteiger partial charge in [-0.2, -0.15) is 0 Å². The second kappa shape index (κ2) is 8.35. The molecule has 0 saturated heterocycles. The lowest BCUT2D eigenvalue weighted by Crippen LogP contribution is -2.29. The summed E-state index contributed by atoms with van der Waals surface area (Å²) >= 11 is 12.1. The van der Waals surface area contributed by atoms with Crippen molar-refractivity contribution in [2.24, 2.45) is 5.73 Å². The van der Waals surface area contributed by atoms with Crippen LogP contribution >= 0.6 is 23.2 Å². The average Bonchev–Trinajstić information content (AvgIpc) is 2.38. The van der Waals surface area contributed by atoms with Gasteiger partial charge in [-0.25, -0.2) is 4.79 Å². The standard InChI is InChI=1S/C14H19Cl2NO3/c1-3-4-5-12(20-14(17)18)13(19-2)10-7-6-9(15)8-11(10)16/h6-8,12-13H,3-5H2,1-2H3,(H2,17,18)/t12-,13-/m1/s1. The van der Waals surface area contributed by atoms with Crippen LogP contribution in [-0.2, 0) is 9.47 Å². The molecule has 112 valence electrons. The molecule has 0 heterocycles. The summed E-state index contributed by atoms with van der Waals surface area (Å²) < 4.78 is 10.6. The third-order valence-corrected chi connectivity index (χ3v) is 3.53. The lowest BCUT2D eigenvalue weighted by atomic mass is 9.99. The van der Waals surface area contributed by atoms with Gasteiger partial charge in [0.05, 0.1) is 0 Å². The van der Waals surface area contributed by atoms with Crippen molar-refractivity contribution in [2.45, 2.75) is 38.4 Å². The van der Waals surface area contributed by atoms with Gasteiger partial charge in [0.25, 0.3) is 0 Å². The van der Waals surface area contributed by atoms with Crippen LogP contribution in [0.2, 0.25) is 10.0 Å². The first-order valence-corrected chi connectivity index (χ1v) is 7.19. The zero-order chi connectivity index (χ0) is 15.1. The predicted octanol–water partition coefficient (Wildman–Crippen LogP) is 4.34. The third-order valence-electron chi connectivity index (χ3n) is 2.97. The van der Waals surface area contributed by atoms with Crippen LogP contribution in [0.4, 0.5) is 4.79 Å². The van der Waals surface area contributed by atoms with E-state index in [1.54, 1.807) is 25.3 Å². The molecule has 1 aromatic carbocycles. The first-order chi connectivity index (χ1) is 9.49. The summed E-state index contributed by atoms with van der Waals surface area (Å²) in [6, 6.07) is 5.11. The van der Waals surface area contributed by atoms with Crippen LogP contribution in [0.25, 0.3) is 0 Å². The number of amides is 1. The second-order valence-electron chi connectivity index (χ2n) is 4.44. The lowest BCUT2D eigenvalue weighted by Gasteiger charge is -2.26. The van der Waals surface area contributed by atoms with E-state index in [0.29, 0.717) is 16.5 Å². The molecule has 0 unspecified atom stereocenters. The second-order valence-corrected chi connectivity index (χ2v) is 5.28. The molecule has 4 nitrogen and oxygen atoms in total. The molecule has 0 spiro atoms. The maximum atomic E-state index is 11.1.